The molecular formula is C20H16N2O5. The number of H-pyrrole nitrogens is 1. The predicted molar refractivity (Wildman–Crippen MR) is 97.7 cm³/mol. The van der Waals surface area contributed by atoms with E-state index in [1.165, 1.54) is 14.2 Å². The Morgan fingerprint density at radius 3 is 2.48 bits per heavy atom. The number of methoxy groups -OCH3 is 2. The van der Waals surface area contributed by atoms with Gasteiger partial charge in [0.15, 0.2) is 0 Å². The molecule has 0 saturated carbocycles. The summed E-state index contributed by atoms with van der Waals surface area (Å²) in [5.74, 6) is -1.76. The summed E-state index contributed by atoms with van der Waals surface area (Å²) in [5.41, 5.74) is 0.278. The van der Waals surface area contributed by atoms with Crippen molar-refractivity contribution in [3.8, 4) is 0 Å². The van der Waals surface area contributed by atoms with E-state index in [9.17, 15) is 14.4 Å². The summed E-state index contributed by atoms with van der Waals surface area (Å²) in [6.45, 7) is 0. The molecule has 2 N–H and O–H groups in total. The number of fused-ring (bicyclic) bond motifs is 2. The molecule has 1 aliphatic heterocycles. The molecule has 27 heavy (non-hydrogen) atoms. The molecule has 0 bridgehead atoms. The maximum Gasteiger partial charge on any atom is 0.344 e. The molecule has 1 aliphatic rings. The first-order valence-electron chi connectivity index (χ1n) is 8.24. The SMILES string of the molecule is COC(=O)c1cccc2[nH]cc(C3(C(=O)OC)Nc4ccccc4C3=O)c12. The average Bonchev–Trinajstić information content (AvgIpc) is 3.27. The van der Waals surface area contributed by atoms with Gasteiger partial charge >= 0.3 is 11.9 Å². The third-order valence-corrected chi connectivity index (χ3v) is 4.84. The number of carbonyl (C=O) groups is 3. The van der Waals surface area contributed by atoms with E-state index in [0.29, 0.717) is 27.7 Å². The van der Waals surface area contributed by atoms with Gasteiger partial charge in [0.25, 0.3) is 0 Å². The third-order valence-electron chi connectivity index (χ3n) is 4.84. The van der Waals surface area contributed by atoms with Crippen LogP contribution in [-0.4, -0.2) is 36.9 Å². The van der Waals surface area contributed by atoms with E-state index >= 15 is 0 Å². The molecule has 136 valence electrons. The molecule has 0 saturated heterocycles. The van der Waals surface area contributed by atoms with Gasteiger partial charge in [0.2, 0.25) is 11.3 Å². The van der Waals surface area contributed by atoms with Gasteiger partial charge in [-0.3, -0.25) is 4.79 Å². The third kappa shape index (κ3) is 2.18. The van der Waals surface area contributed by atoms with Crippen LogP contribution in [0.5, 0.6) is 0 Å². The smallest absolute Gasteiger partial charge is 0.344 e. The summed E-state index contributed by atoms with van der Waals surface area (Å²) in [6.07, 6.45) is 1.55. The minimum absolute atomic E-state index is 0.250. The number of para-hydroxylation sites is 1. The zero-order valence-corrected chi connectivity index (χ0v) is 14.7. The minimum Gasteiger partial charge on any atom is -0.467 e. The van der Waals surface area contributed by atoms with Crippen LogP contribution in [0.4, 0.5) is 5.69 Å². The lowest BCUT2D eigenvalue weighted by atomic mass is 9.84. The Balaban J connectivity index is 2.04. The second-order valence-electron chi connectivity index (χ2n) is 6.16. The lowest BCUT2D eigenvalue weighted by Gasteiger charge is -2.25. The molecule has 0 radical (unpaired) electrons. The summed E-state index contributed by atoms with van der Waals surface area (Å²) in [5, 5.41) is 3.46. The average molecular weight is 364 g/mol. The van der Waals surface area contributed by atoms with E-state index in [1.807, 2.05) is 0 Å². The molecule has 0 spiro atoms. The van der Waals surface area contributed by atoms with Crippen molar-refractivity contribution in [3.63, 3.8) is 0 Å². The Labute approximate surface area is 154 Å². The molecule has 0 amide bonds. The van der Waals surface area contributed by atoms with Crippen molar-refractivity contribution in [2.75, 3.05) is 19.5 Å². The summed E-state index contributed by atoms with van der Waals surface area (Å²) in [6, 6.07) is 11.9. The number of nitrogens with one attached hydrogen (secondary N) is 2. The van der Waals surface area contributed by atoms with Crippen LogP contribution in [0.2, 0.25) is 0 Å². The number of esters is 2. The van der Waals surface area contributed by atoms with Gasteiger partial charge in [-0.15, -0.1) is 0 Å². The lowest BCUT2D eigenvalue weighted by Crippen LogP contribution is -2.47. The van der Waals surface area contributed by atoms with Crippen LogP contribution >= 0.6 is 0 Å². The molecule has 7 nitrogen and oxygen atoms in total. The molecule has 4 rings (SSSR count). The van der Waals surface area contributed by atoms with Crippen LogP contribution in [0.25, 0.3) is 10.9 Å². The molecule has 7 heteroatoms. The Kier molecular flexibility index (Phi) is 3.73. The van der Waals surface area contributed by atoms with Crippen LogP contribution in [0, 0.1) is 0 Å². The van der Waals surface area contributed by atoms with Crippen molar-refractivity contribution in [1.82, 2.24) is 4.98 Å². The van der Waals surface area contributed by atoms with Gasteiger partial charge in [0, 0.05) is 33.9 Å². The van der Waals surface area contributed by atoms with Crippen LogP contribution in [0.3, 0.4) is 0 Å². The molecule has 3 aromatic rings. The number of benzene rings is 2. The molecule has 2 aromatic carbocycles. The number of hydrogen-bond donors (Lipinski definition) is 2. The fourth-order valence-corrected chi connectivity index (χ4v) is 3.61. The fraction of sp³-hybridized carbons (Fsp3) is 0.150. The first kappa shape index (κ1) is 16.8. The summed E-state index contributed by atoms with van der Waals surface area (Å²) in [7, 11) is 2.50. The van der Waals surface area contributed by atoms with Crippen molar-refractivity contribution < 1.29 is 23.9 Å². The molecular weight excluding hydrogens is 348 g/mol. The highest BCUT2D eigenvalue weighted by Gasteiger charge is 2.55. The van der Waals surface area contributed by atoms with E-state index in [4.69, 9.17) is 9.47 Å². The van der Waals surface area contributed by atoms with Crippen LogP contribution in [-0.2, 0) is 19.8 Å². The topological polar surface area (TPSA) is 97.5 Å². The highest BCUT2D eigenvalue weighted by Crippen LogP contribution is 2.43. The van der Waals surface area contributed by atoms with Crippen LogP contribution in [0.15, 0.2) is 48.7 Å². The Morgan fingerprint density at radius 1 is 1.00 bits per heavy atom. The van der Waals surface area contributed by atoms with E-state index in [2.05, 4.69) is 10.3 Å². The number of ether oxygens (including phenoxy) is 2. The highest BCUT2D eigenvalue weighted by molar-refractivity contribution is 6.26. The number of hydrogen-bond acceptors (Lipinski definition) is 6. The van der Waals surface area contributed by atoms with Crippen molar-refractivity contribution in [2.45, 2.75) is 5.54 Å². The van der Waals surface area contributed by atoms with Gasteiger partial charge in [-0.05, 0) is 24.3 Å². The number of carbonyl (C=O) groups excluding carboxylic acids is 3. The summed E-state index contributed by atoms with van der Waals surface area (Å²) >= 11 is 0. The second kappa shape index (κ2) is 5.98. The van der Waals surface area contributed by atoms with Gasteiger partial charge in [-0.2, -0.15) is 0 Å². The van der Waals surface area contributed by atoms with Crippen molar-refractivity contribution in [3.05, 3.63) is 65.4 Å². The summed E-state index contributed by atoms with van der Waals surface area (Å²) < 4.78 is 9.85. The second-order valence-corrected chi connectivity index (χ2v) is 6.16. The molecule has 1 unspecified atom stereocenters. The molecule has 2 heterocycles. The quantitative estimate of drug-likeness (QED) is 0.548. The summed E-state index contributed by atoms with van der Waals surface area (Å²) in [4.78, 5) is 41.5. The van der Waals surface area contributed by atoms with E-state index < -0.39 is 23.3 Å². The highest BCUT2D eigenvalue weighted by atomic mass is 16.5. The van der Waals surface area contributed by atoms with E-state index in [1.54, 1.807) is 48.7 Å². The van der Waals surface area contributed by atoms with Crippen molar-refractivity contribution >= 4 is 34.3 Å². The predicted octanol–water partition coefficient (Wildman–Crippen LogP) is 2.63. The van der Waals surface area contributed by atoms with Gasteiger partial charge < -0.3 is 19.8 Å². The molecule has 0 aliphatic carbocycles. The molecule has 1 aromatic heterocycles. The number of ketones is 1. The molecule has 0 fully saturated rings. The van der Waals surface area contributed by atoms with Gasteiger partial charge in [-0.1, -0.05) is 18.2 Å². The Hall–Kier alpha value is -3.61. The van der Waals surface area contributed by atoms with Crippen molar-refractivity contribution in [2.24, 2.45) is 0 Å². The maximum atomic E-state index is 13.3. The zero-order chi connectivity index (χ0) is 19.2. The minimum atomic E-state index is -1.79. The number of Topliss-reactive ketones (excluding diaryl/α,β-unsaturated/α-hetero) is 1. The van der Waals surface area contributed by atoms with Crippen molar-refractivity contribution in [1.29, 1.82) is 0 Å². The number of anilines is 1. The standard InChI is InChI=1S/C20H16N2O5/c1-26-18(24)12-7-5-9-15-16(12)13(10-21-15)20(19(25)27-2)17(23)11-6-3-4-8-14(11)22-20/h3-10,21-22H,1-2H3. The largest absolute Gasteiger partial charge is 0.467 e. The molecule has 1 atom stereocenters. The number of aromatic amines is 1. The number of aromatic nitrogens is 1. The first-order chi connectivity index (χ1) is 13.0. The fourth-order valence-electron chi connectivity index (χ4n) is 3.61. The Morgan fingerprint density at radius 2 is 1.78 bits per heavy atom. The number of rotatable bonds is 3. The normalized spacial score (nSPS) is 18.1. The van der Waals surface area contributed by atoms with E-state index in [0.717, 1.165) is 0 Å². The van der Waals surface area contributed by atoms with Gasteiger partial charge in [0.1, 0.15) is 0 Å². The monoisotopic (exact) mass is 364 g/mol. The van der Waals surface area contributed by atoms with Crippen LogP contribution < -0.4 is 5.32 Å². The maximum absolute atomic E-state index is 13.3. The van der Waals surface area contributed by atoms with Crippen LogP contribution in [0.1, 0.15) is 26.3 Å². The van der Waals surface area contributed by atoms with Gasteiger partial charge in [-0.25, -0.2) is 9.59 Å². The van der Waals surface area contributed by atoms with E-state index in [-0.39, 0.29) is 5.56 Å². The Bertz CT molecular complexity index is 1100. The first-order valence-corrected chi connectivity index (χ1v) is 8.24. The lowest BCUT2D eigenvalue weighted by molar-refractivity contribution is -0.144. The zero-order valence-electron chi connectivity index (χ0n) is 14.7. The van der Waals surface area contributed by atoms with Gasteiger partial charge in [0.05, 0.1) is 19.8 Å².